The smallest absolute Gasteiger partial charge is 0.344 e. The molecule has 7 nitrogen and oxygen atoms in total. The third kappa shape index (κ3) is 6.82. The number of hydrogen-bond acceptors (Lipinski definition) is 5. The molecule has 0 aromatic heterocycles. The van der Waals surface area contributed by atoms with Gasteiger partial charge in [-0.25, -0.2) is 9.59 Å². The van der Waals surface area contributed by atoms with Gasteiger partial charge in [0.05, 0.1) is 0 Å². The highest BCUT2D eigenvalue weighted by Crippen LogP contribution is 2.24. The summed E-state index contributed by atoms with van der Waals surface area (Å²) < 4.78 is 10.1. The summed E-state index contributed by atoms with van der Waals surface area (Å²) in [5.41, 5.74) is 1.19. The Hall–Kier alpha value is -2.57. The van der Waals surface area contributed by atoms with Crippen LogP contribution < -0.4 is 15.4 Å². The maximum absolute atomic E-state index is 11.6. The van der Waals surface area contributed by atoms with Crippen LogP contribution in [0.4, 0.5) is 4.79 Å². The molecular weight excluding hydrogens is 324 g/mol. The molecule has 2 N–H and O–H groups in total. The number of carbonyl (C=O) groups excluding carboxylic acids is 3. The number of amides is 3. The Kier molecular flexibility index (Phi) is 6.01. The topological polar surface area (TPSA) is 93.7 Å². The molecule has 1 aliphatic carbocycles. The molecule has 1 aliphatic rings. The molecule has 7 heteroatoms. The van der Waals surface area contributed by atoms with Gasteiger partial charge in [-0.3, -0.25) is 10.1 Å². The summed E-state index contributed by atoms with van der Waals surface area (Å²) in [6, 6.07) is 7.01. The summed E-state index contributed by atoms with van der Waals surface area (Å²) in [6.07, 6.45) is 1.84. The molecular formula is C18H24N2O5. The summed E-state index contributed by atoms with van der Waals surface area (Å²) in [4.78, 5) is 34.4. The van der Waals surface area contributed by atoms with Crippen LogP contribution in [0.15, 0.2) is 24.3 Å². The van der Waals surface area contributed by atoms with Gasteiger partial charge in [0.25, 0.3) is 5.91 Å². The van der Waals surface area contributed by atoms with E-state index in [-0.39, 0.29) is 18.1 Å². The van der Waals surface area contributed by atoms with Gasteiger partial charge >= 0.3 is 12.0 Å². The van der Waals surface area contributed by atoms with E-state index in [1.807, 2.05) is 12.1 Å². The number of esters is 1. The Morgan fingerprint density at radius 1 is 1.08 bits per heavy atom. The monoisotopic (exact) mass is 348 g/mol. The number of nitrogens with one attached hydrogen (secondary N) is 2. The SMILES string of the molecule is CC(C)(C)c1ccc(OCC(=O)OCC(=O)NC(=O)NC2CC2)cc1. The van der Waals surface area contributed by atoms with Gasteiger partial charge in [-0.15, -0.1) is 0 Å². The van der Waals surface area contributed by atoms with Gasteiger partial charge in [0.15, 0.2) is 13.2 Å². The summed E-state index contributed by atoms with van der Waals surface area (Å²) in [5, 5.41) is 4.69. The second-order valence-electron chi connectivity index (χ2n) is 7.02. The first-order valence-corrected chi connectivity index (χ1v) is 8.23. The van der Waals surface area contributed by atoms with Gasteiger partial charge in [0, 0.05) is 6.04 Å². The number of hydrogen-bond donors (Lipinski definition) is 2. The van der Waals surface area contributed by atoms with Crippen LogP contribution in [0.3, 0.4) is 0 Å². The number of imide groups is 1. The third-order valence-electron chi connectivity index (χ3n) is 3.61. The number of carbonyl (C=O) groups is 3. The molecule has 1 saturated carbocycles. The molecule has 0 heterocycles. The molecule has 1 fully saturated rings. The number of urea groups is 1. The molecule has 0 spiro atoms. The lowest BCUT2D eigenvalue weighted by atomic mass is 9.87. The van der Waals surface area contributed by atoms with Crippen LogP contribution in [-0.2, 0) is 19.7 Å². The second kappa shape index (κ2) is 8.00. The minimum absolute atomic E-state index is 0.0383. The zero-order chi connectivity index (χ0) is 18.4. The van der Waals surface area contributed by atoms with Crippen molar-refractivity contribution in [2.75, 3.05) is 13.2 Å². The van der Waals surface area contributed by atoms with Gasteiger partial charge in [-0.05, 0) is 36.0 Å². The first-order chi connectivity index (χ1) is 11.7. The van der Waals surface area contributed by atoms with Gasteiger partial charge in [0.1, 0.15) is 5.75 Å². The maximum Gasteiger partial charge on any atom is 0.344 e. The lowest BCUT2D eigenvalue weighted by Crippen LogP contribution is -2.42. The normalized spacial score (nSPS) is 13.7. The van der Waals surface area contributed by atoms with Crippen LogP contribution in [0.2, 0.25) is 0 Å². The van der Waals surface area contributed by atoms with Crippen molar-refractivity contribution < 1.29 is 23.9 Å². The Balaban J connectivity index is 1.66. The highest BCUT2D eigenvalue weighted by Gasteiger charge is 2.24. The number of rotatable bonds is 6. The molecule has 0 aliphatic heterocycles. The molecule has 0 radical (unpaired) electrons. The average Bonchev–Trinajstić information content (AvgIpc) is 3.34. The first-order valence-electron chi connectivity index (χ1n) is 8.23. The molecule has 0 unspecified atom stereocenters. The van der Waals surface area contributed by atoms with Crippen molar-refractivity contribution >= 4 is 17.9 Å². The maximum atomic E-state index is 11.6. The predicted molar refractivity (Wildman–Crippen MR) is 91.3 cm³/mol. The lowest BCUT2D eigenvalue weighted by Gasteiger charge is -2.19. The summed E-state index contributed by atoms with van der Waals surface area (Å²) >= 11 is 0. The minimum Gasteiger partial charge on any atom is -0.482 e. The van der Waals surface area contributed by atoms with Crippen LogP contribution in [0.1, 0.15) is 39.2 Å². The highest BCUT2D eigenvalue weighted by atomic mass is 16.6. The Morgan fingerprint density at radius 3 is 2.28 bits per heavy atom. The average molecular weight is 348 g/mol. The van der Waals surface area contributed by atoms with E-state index in [0.717, 1.165) is 18.4 Å². The van der Waals surface area contributed by atoms with E-state index >= 15 is 0 Å². The van der Waals surface area contributed by atoms with Gasteiger partial charge < -0.3 is 14.8 Å². The van der Waals surface area contributed by atoms with Crippen LogP contribution in [0.25, 0.3) is 0 Å². The van der Waals surface area contributed by atoms with Crippen LogP contribution in [-0.4, -0.2) is 37.2 Å². The van der Waals surface area contributed by atoms with Crippen molar-refractivity contribution in [2.45, 2.75) is 45.1 Å². The molecule has 136 valence electrons. The van der Waals surface area contributed by atoms with Crippen LogP contribution in [0, 0.1) is 0 Å². The Bertz CT molecular complexity index is 630. The molecule has 25 heavy (non-hydrogen) atoms. The molecule has 0 atom stereocenters. The van der Waals surface area contributed by atoms with E-state index in [1.165, 1.54) is 0 Å². The van der Waals surface area contributed by atoms with Gasteiger partial charge in [-0.1, -0.05) is 32.9 Å². The van der Waals surface area contributed by atoms with E-state index in [0.29, 0.717) is 5.75 Å². The Labute approximate surface area is 147 Å². The largest absolute Gasteiger partial charge is 0.482 e. The first kappa shape index (κ1) is 18.8. The molecule has 2 rings (SSSR count). The number of ether oxygens (including phenoxy) is 2. The van der Waals surface area contributed by atoms with E-state index in [4.69, 9.17) is 9.47 Å². The van der Waals surface area contributed by atoms with Crippen LogP contribution in [0.5, 0.6) is 5.75 Å². The van der Waals surface area contributed by atoms with Gasteiger partial charge in [-0.2, -0.15) is 0 Å². The van der Waals surface area contributed by atoms with Crippen molar-refractivity contribution in [2.24, 2.45) is 0 Å². The van der Waals surface area contributed by atoms with Crippen molar-refractivity contribution in [1.82, 2.24) is 10.6 Å². The van der Waals surface area contributed by atoms with Gasteiger partial charge in [0.2, 0.25) is 0 Å². The lowest BCUT2D eigenvalue weighted by molar-refractivity contribution is -0.150. The highest BCUT2D eigenvalue weighted by molar-refractivity contribution is 5.95. The van der Waals surface area contributed by atoms with Crippen molar-refractivity contribution in [3.05, 3.63) is 29.8 Å². The molecule has 3 amide bonds. The van der Waals surface area contributed by atoms with E-state index in [2.05, 4.69) is 31.4 Å². The molecule has 0 saturated heterocycles. The Morgan fingerprint density at radius 2 is 1.72 bits per heavy atom. The molecule has 1 aromatic rings. The summed E-state index contributed by atoms with van der Waals surface area (Å²) in [7, 11) is 0. The standard InChI is InChI=1S/C18H24N2O5/c1-18(2,3)12-4-8-14(9-5-12)24-11-16(22)25-10-15(21)20-17(23)19-13-6-7-13/h4-5,8-9,13H,6-7,10-11H2,1-3H3,(H2,19,20,21,23). The fourth-order valence-electron chi connectivity index (χ4n) is 1.99. The number of benzene rings is 1. The van der Waals surface area contributed by atoms with E-state index in [9.17, 15) is 14.4 Å². The predicted octanol–water partition coefficient (Wildman–Crippen LogP) is 1.89. The fourth-order valence-corrected chi connectivity index (χ4v) is 1.99. The zero-order valence-electron chi connectivity index (χ0n) is 14.8. The summed E-state index contributed by atoms with van der Waals surface area (Å²) in [6.45, 7) is 5.49. The minimum atomic E-state index is -0.683. The van der Waals surface area contributed by atoms with Crippen molar-refractivity contribution in [3.8, 4) is 5.75 Å². The van der Waals surface area contributed by atoms with Crippen LogP contribution >= 0.6 is 0 Å². The zero-order valence-corrected chi connectivity index (χ0v) is 14.8. The van der Waals surface area contributed by atoms with Crippen molar-refractivity contribution in [1.29, 1.82) is 0 Å². The quantitative estimate of drug-likeness (QED) is 0.766. The molecule has 1 aromatic carbocycles. The summed E-state index contributed by atoms with van der Waals surface area (Å²) in [5.74, 6) is -0.822. The second-order valence-corrected chi connectivity index (χ2v) is 7.02. The fraction of sp³-hybridized carbons (Fsp3) is 0.500. The third-order valence-corrected chi connectivity index (χ3v) is 3.61. The van der Waals surface area contributed by atoms with E-state index in [1.54, 1.807) is 12.1 Å². The molecule has 0 bridgehead atoms. The van der Waals surface area contributed by atoms with E-state index < -0.39 is 24.5 Å². The van der Waals surface area contributed by atoms with Crippen molar-refractivity contribution in [3.63, 3.8) is 0 Å².